The van der Waals surface area contributed by atoms with Gasteiger partial charge in [0.25, 0.3) is 0 Å². The zero-order chi connectivity index (χ0) is 9.83. The van der Waals surface area contributed by atoms with Crippen LogP contribution in [0.15, 0.2) is 12.3 Å². The van der Waals surface area contributed by atoms with E-state index in [9.17, 15) is 0 Å². The molecule has 0 spiro atoms. The van der Waals surface area contributed by atoms with Crippen LogP contribution >= 0.6 is 11.1 Å². The molecule has 0 aromatic heterocycles. The van der Waals surface area contributed by atoms with Crippen LogP contribution in [0.3, 0.4) is 0 Å². The van der Waals surface area contributed by atoms with Gasteiger partial charge in [0.15, 0.2) is 7.38 Å². The van der Waals surface area contributed by atoms with Crippen molar-refractivity contribution in [1.82, 2.24) is 0 Å². The molecule has 0 aliphatic rings. The molecule has 12 heavy (non-hydrogen) atoms. The van der Waals surface area contributed by atoms with Crippen LogP contribution in [0.25, 0.3) is 0 Å². The molecule has 0 radical (unpaired) electrons. The SMILES string of the molecule is C=C[Si](Cl)(CCCC)C(C)(C)C. The standard InChI is InChI=1S/C10H21ClSi/c1-6-8-9-12(11,7-2)10(3,4)5/h7H,2,6,8-9H2,1,3-5H3. The quantitative estimate of drug-likeness (QED) is 0.468. The maximum atomic E-state index is 6.60. The maximum Gasteiger partial charge on any atom is 0.184 e. The Bertz CT molecular complexity index is 148. The molecule has 72 valence electrons. The third-order valence-corrected chi connectivity index (χ3v) is 9.42. The van der Waals surface area contributed by atoms with Crippen LogP contribution in [-0.4, -0.2) is 7.38 Å². The Kier molecular flexibility index (Phi) is 4.57. The van der Waals surface area contributed by atoms with Crippen LogP contribution in [-0.2, 0) is 0 Å². The molecule has 0 aromatic carbocycles. The number of hydrogen-bond acceptors (Lipinski definition) is 0. The predicted molar refractivity (Wildman–Crippen MR) is 61.2 cm³/mol. The summed E-state index contributed by atoms with van der Waals surface area (Å²) in [5, 5.41) is 0.242. The molecule has 0 nitrogen and oxygen atoms in total. The number of hydrogen-bond donors (Lipinski definition) is 0. The summed E-state index contributed by atoms with van der Waals surface area (Å²) in [7, 11) is -1.71. The van der Waals surface area contributed by atoms with Gasteiger partial charge in [-0.05, 0) is 11.1 Å². The van der Waals surface area contributed by atoms with E-state index in [4.69, 9.17) is 11.1 Å². The van der Waals surface area contributed by atoms with Crippen molar-refractivity contribution in [3.8, 4) is 0 Å². The minimum Gasteiger partial charge on any atom is -0.161 e. The molecule has 0 saturated carbocycles. The molecule has 0 fully saturated rings. The van der Waals surface area contributed by atoms with Crippen molar-refractivity contribution in [1.29, 1.82) is 0 Å². The Morgan fingerprint density at radius 3 is 2.17 bits per heavy atom. The second-order valence-corrected chi connectivity index (χ2v) is 10.6. The first kappa shape index (κ1) is 12.2. The second kappa shape index (κ2) is 4.47. The highest BCUT2D eigenvalue weighted by Crippen LogP contribution is 2.43. The Hall–Kier alpha value is 0.247. The first-order valence-corrected chi connectivity index (χ1v) is 7.99. The third kappa shape index (κ3) is 2.95. The normalized spacial score (nSPS) is 17.1. The zero-order valence-corrected chi connectivity index (χ0v) is 10.5. The average molecular weight is 205 g/mol. The van der Waals surface area contributed by atoms with Gasteiger partial charge in [-0.3, -0.25) is 0 Å². The molecule has 0 saturated heterocycles. The fourth-order valence-electron chi connectivity index (χ4n) is 1.22. The molecule has 0 N–H and O–H groups in total. The number of unbranched alkanes of at least 4 members (excludes halogenated alkanes) is 1. The zero-order valence-electron chi connectivity index (χ0n) is 8.78. The lowest BCUT2D eigenvalue weighted by Gasteiger charge is -2.34. The number of rotatable bonds is 4. The van der Waals surface area contributed by atoms with Crippen LogP contribution in [0.5, 0.6) is 0 Å². The van der Waals surface area contributed by atoms with Gasteiger partial charge in [-0.1, -0.05) is 46.2 Å². The van der Waals surface area contributed by atoms with Crippen LogP contribution in [0.4, 0.5) is 0 Å². The highest BCUT2D eigenvalue weighted by Gasteiger charge is 2.39. The van der Waals surface area contributed by atoms with Gasteiger partial charge >= 0.3 is 0 Å². The molecule has 1 atom stereocenters. The van der Waals surface area contributed by atoms with E-state index < -0.39 is 7.38 Å². The molecule has 1 unspecified atom stereocenters. The van der Waals surface area contributed by atoms with E-state index >= 15 is 0 Å². The molecule has 0 rings (SSSR count). The van der Waals surface area contributed by atoms with Crippen molar-refractivity contribution in [2.24, 2.45) is 0 Å². The van der Waals surface area contributed by atoms with Crippen molar-refractivity contribution < 1.29 is 0 Å². The Balaban J connectivity index is 4.35. The summed E-state index contributed by atoms with van der Waals surface area (Å²) in [4.78, 5) is 0. The van der Waals surface area contributed by atoms with Gasteiger partial charge < -0.3 is 0 Å². The third-order valence-electron chi connectivity index (χ3n) is 2.46. The topological polar surface area (TPSA) is 0 Å². The Morgan fingerprint density at radius 2 is 1.92 bits per heavy atom. The van der Waals surface area contributed by atoms with Gasteiger partial charge in [-0.2, -0.15) is 11.1 Å². The van der Waals surface area contributed by atoms with E-state index in [1.54, 1.807) is 0 Å². The monoisotopic (exact) mass is 204 g/mol. The molecule has 0 bridgehead atoms. The largest absolute Gasteiger partial charge is 0.184 e. The van der Waals surface area contributed by atoms with Crippen LogP contribution < -0.4 is 0 Å². The highest BCUT2D eigenvalue weighted by molar-refractivity contribution is 7.24. The van der Waals surface area contributed by atoms with Gasteiger partial charge in [0, 0.05) is 0 Å². The number of halogens is 1. The van der Waals surface area contributed by atoms with Gasteiger partial charge in [0.2, 0.25) is 0 Å². The minimum atomic E-state index is -1.71. The first-order chi connectivity index (χ1) is 5.37. The lowest BCUT2D eigenvalue weighted by Crippen LogP contribution is -2.35. The fraction of sp³-hybridized carbons (Fsp3) is 0.800. The van der Waals surface area contributed by atoms with E-state index in [0.29, 0.717) is 0 Å². The van der Waals surface area contributed by atoms with E-state index in [1.807, 2.05) is 5.70 Å². The first-order valence-electron chi connectivity index (χ1n) is 4.70. The lowest BCUT2D eigenvalue weighted by molar-refractivity contribution is 0.719. The Morgan fingerprint density at radius 1 is 1.42 bits per heavy atom. The predicted octanol–water partition coefficient (Wildman–Crippen LogP) is 4.50. The van der Waals surface area contributed by atoms with Crippen molar-refractivity contribution in [2.45, 2.75) is 51.6 Å². The van der Waals surface area contributed by atoms with Gasteiger partial charge in [0.1, 0.15) is 0 Å². The molecule has 0 aromatic rings. The smallest absolute Gasteiger partial charge is 0.161 e. The van der Waals surface area contributed by atoms with Crippen LogP contribution in [0.1, 0.15) is 40.5 Å². The van der Waals surface area contributed by atoms with E-state index in [-0.39, 0.29) is 5.04 Å². The van der Waals surface area contributed by atoms with Crippen molar-refractivity contribution in [3.05, 3.63) is 12.3 Å². The summed E-state index contributed by atoms with van der Waals surface area (Å²) < 4.78 is 0. The lowest BCUT2D eigenvalue weighted by atomic mass is 10.2. The van der Waals surface area contributed by atoms with Gasteiger partial charge in [-0.25, -0.2) is 0 Å². The summed E-state index contributed by atoms with van der Waals surface area (Å²) in [6, 6.07) is 1.16. The highest BCUT2D eigenvalue weighted by atomic mass is 35.6. The maximum absolute atomic E-state index is 6.60. The van der Waals surface area contributed by atoms with Crippen molar-refractivity contribution >= 4 is 18.5 Å². The molecular formula is C10H21ClSi. The molecule has 0 aliphatic carbocycles. The van der Waals surface area contributed by atoms with Crippen LogP contribution in [0, 0.1) is 0 Å². The van der Waals surface area contributed by atoms with E-state index in [1.165, 1.54) is 12.8 Å². The van der Waals surface area contributed by atoms with Crippen molar-refractivity contribution in [2.75, 3.05) is 0 Å². The van der Waals surface area contributed by atoms with Crippen LogP contribution in [0.2, 0.25) is 11.1 Å². The summed E-state index contributed by atoms with van der Waals surface area (Å²) in [6.45, 7) is 12.8. The molecule has 0 heterocycles. The molecule has 0 amide bonds. The molecule has 0 aliphatic heterocycles. The summed E-state index contributed by atoms with van der Waals surface area (Å²) in [5.74, 6) is 0. The second-order valence-electron chi connectivity index (χ2n) is 4.42. The van der Waals surface area contributed by atoms with E-state index in [0.717, 1.165) is 6.04 Å². The molecular weight excluding hydrogens is 184 g/mol. The summed E-state index contributed by atoms with van der Waals surface area (Å²) in [6.07, 6.45) is 2.46. The van der Waals surface area contributed by atoms with E-state index in [2.05, 4.69) is 34.3 Å². The minimum absolute atomic E-state index is 0.242. The Labute approximate surface area is 82.7 Å². The van der Waals surface area contributed by atoms with Gasteiger partial charge in [-0.15, -0.1) is 6.58 Å². The van der Waals surface area contributed by atoms with Gasteiger partial charge in [0.05, 0.1) is 0 Å². The molecule has 2 heteroatoms. The fourth-order valence-corrected chi connectivity index (χ4v) is 4.05. The summed E-state index contributed by atoms with van der Waals surface area (Å²) >= 11 is 6.60. The van der Waals surface area contributed by atoms with Crippen molar-refractivity contribution in [3.63, 3.8) is 0 Å². The average Bonchev–Trinajstić information content (AvgIpc) is 1.98. The summed E-state index contributed by atoms with van der Waals surface area (Å²) in [5.41, 5.74) is 2.03.